The summed E-state index contributed by atoms with van der Waals surface area (Å²) in [6.07, 6.45) is 11.0. The van der Waals surface area contributed by atoms with Gasteiger partial charge in [-0.15, -0.1) is 0 Å². The fourth-order valence-electron chi connectivity index (χ4n) is 1.34. The van der Waals surface area contributed by atoms with E-state index < -0.39 is 0 Å². The summed E-state index contributed by atoms with van der Waals surface area (Å²) in [4.78, 5) is 8.20. The van der Waals surface area contributed by atoms with Crippen molar-refractivity contribution in [3.63, 3.8) is 0 Å². The zero-order valence-electron chi connectivity index (χ0n) is 8.25. The second-order valence-corrected chi connectivity index (χ2v) is 3.14. The first-order valence-corrected chi connectivity index (χ1v) is 4.38. The first-order valence-electron chi connectivity index (χ1n) is 4.38. The highest BCUT2D eigenvalue weighted by Crippen LogP contribution is 2.04. The third kappa shape index (κ3) is 1.46. The summed E-state index contributed by atoms with van der Waals surface area (Å²) in [5.41, 5.74) is 2.09. The van der Waals surface area contributed by atoms with Crippen LogP contribution < -0.4 is 9.13 Å². The fourth-order valence-corrected chi connectivity index (χ4v) is 1.34. The Morgan fingerprint density at radius 2 is 1.29 bits per heavy atom. The van der Waals surface area contributed by atoms with Crippen molar-refractivity contribution in [1.82, 2.24) is 9.97 Å². The molecule has 0 radical (unpaired) electrons. The summed E-state index contributed by atoms with van der Waals surface area (Å²) in [5.74, 6) is 0. The second kappa shape index (κ2) is 3.49. The Morgan fingerprint density at radius 3 is 1.64 bits per heavy atom. The highest BCUT2D eigenvalue weighted by molar-refractivity contribution is 5.42. The summed E-state index contributed by atoms with van der Waals surface area (Å²) in [6.45, 7) is 0. The van der Waals surface area contributed by atoms with Gasteiger partial charge in [-0.1, -0.05) is 0 Å². The molecular weight excluding hydrogens is 176 g/mol. The largest absolute Gasteiger partial charge is 0.297 e. The monoisotopic (exact) mass is 188 g/mol. The van der Waals surface area contributed by atoms with Gasteiger partial charge in [-0.05, 0) is 0 Å². The summed E-state index contributed by atoms with van der Waals surface area (Å²) in [7, 11) is 3.98. The molecule has 0 aliphatic carbocycles. The zero-order chi connectivity index (χ0) is 9.97. The molecule has 0 unspecified atom stereocenters. The fraction of sp³-hybridized carbons (Fsp3) is 0.200. The molecule has 0 spiro atoms. The summed E-state index contributed by atoms with van der Waals surface area (Å²) < 4.78 is 4.04. The Balaban J connectivity index is 2.61. The van der Waals surface area contributed by atoms with E-state index in [0.717, 1.165) is 11.4 Å². The smallest absolute Gasteiger partial charge is 0.251 e. The van der Waals surface area contributed by atoms with Crippen LogP contribution in [0, 0.1) is 0 Å². The Bertz CT molecular complexity index is 410. The average molecular weight is 188 g/mol. The maximum Gasteiger partial charge on any atom is 0.297 e. The van der Waals surface area contributed by atoms with E-state index in [-0.39, 0.29) is 0 Å². The first kappa shape index (κ1) is 8.74. The van der Waals surface area contributed by atoms with Crippen LogP contribution in [0.4, 0.5) is 0 Å². The number of hydrogen-bond donors (Lipinski definition) is 0. The van der Waals surface area contributed by atoms with Crippen LogP contribution in [-0.4, -0.2) is 9.97 Å². The van der Waals surface area contributed by atoms with Crippen molar-refractivity contribution < 1.29 is 9.13 Å². The van der Waals surface area contributed by atoms with Crippen LogP contribution in [0.15, 0.2) is 37.2 Å². The lowest BCUT2D eigenvalue weighted by Crippen LogP contribution is -2.38. The van der Waals surface area contributed by atoms with Gasteiger partial charge in [0, 0.05) is 0 Å². The molecule has 0 aromatic carbocycles. The zero-order valence-corrected chi connectivity index (χ0v) is 8.25. The van der Waals surface area contributed by atoms with E-state index in [2.05, 4.69) is 9.97 Å². The van der Waals surface area contributed by atoms with Gasteiger partial charge >= 0.3 is 0 Å². The molecule has 2 aromatic heterocycles. The van der Waals surface area contributed by atoms with Gasteiger partial charge in [-0.2, -0.15) is 9.13 Å². The van der Waals surface area contributed by atoms with Crippen LogP contribution in [0.5, 0.6) is 0 Å². The molecule has 2 aromatic rings. The van der Waals surface area contributed by atoms with E-state index in [1.165, 1.54) is 0 Å². The third-order valence-corrected chi connectivity index (χ3v) is 2.17. The molecule has 0 amide bonds. The molecule has 2 rings (SSSR count). The normalized spacial score (nSPS) is 10.1. The number of hydrogen-bond acceptors (Lipinski definition) is 2. The van der Waals surface area contributed by atoms with Gasteiger partial charge in [-0.25, -0.2) is 0 Å². The van der Waals surface area contributed by atoms with Gasteiger partial charge in [0.15, 0.2) is 12.4 Å². The van der Waals surface area contributed by atoms with Crippen molar-refractivity contribution in [2.24, 2.45) is 14.1 Å². The molecule has 70 valence electrons. The molecule has 4 nitrogen and oxygen atoms in total. The van der Waals surface area contributed by atoms with E-state index >= 15 is 0 Å². The Labute approximate surface area is 82.5 Å². The number of aryl methyl sites for hydroxylation is 2. The van der Waals surface area contributed by atoms with Gasteiger partial charge in [0.05, 0.1) is 12.4 Å². The Kier molecular flexibility index (Phi) is 2.18. The minimum Gasteiger partial charge on any atom is -0.251 e. The molecule has 0 N–H and O–H groups in total. The van der Waals surface area contributed by atoms with Crippen LogP contribution in [-0.2, 0) is 14.1 Å². The highest BCUT2D eigenvalue weighted by Gasteiger charge is 2.18. The van der Waals surface area contributed by atoms with Crippen LogP contribution >= 0.6 is 0 Å². The second-order valence-electron chi connectivity index (χ2n) is 3.14. The topological polar surface area (TPSA) is 33.5 Å². The SMILES string of the molecule is C[n+]1ccncc1-c1cncc[n+]1C. The van der Waals surface area contributed by atoms with Crippen molar-refractivity contribution in [3.05, 3.63) is 37.2 Å². The summed E-state index contributed by atoms with van der Waals surface area (Å²) in [5, 5.41) is 0. The molecule has 0 bridgehead atoms. The summed E-state index contributed by atoms with van der Waals surface area (Å²) >= 11 is 0. The first-order chi connectivity index (χ1) is 6.79. The van der Waals surface area contributed by atoms with Gasteiger partial charge in [-0.3, -0.25) is 9.97 Å². The van der Waals surface area contributed by atoms with Crippen molar-refractivity contribution in [1.29, 1.82) is 0 Å². The van der Waals surface area contributed by atoms with E-state index in [1.807, 2.05) is 48.0 Å². The lowest BCUT2D eigenvalue weighted by molar-refractivity contribution is -0.690. The van der Waals surface area contributed by atoms with Crippen molar-refractivity contribution in [2.45, 2.75) is 0 Å². The molecule has 0 saturated heterocycles. The maximum atomic E-state index is 4.10. The molecule has 4 heteroatoms. The van der Waals surface area contributed by atoms with E-state index in [4.69, 9.17) is 0 Å². The van der Waals surface area contributed by atoms with Crippen molar-refractivity contribution >= 4 is 0 Å². The van der Waals surface area contributed by atoms with Crippen LogP contribution in [0.2, 0.25) is 0 Å². The Hall–Kier alpha value is -1.84. The lowest BCUT2D eigenvalue weighted by Gasteiger charge is -1.96. The molecular formula is C10H12N4+2. The third-order valence-electron chi connectivity index (χ3n) is 2.17. The number of rotatable bonds is 1. The molecule has 0 fully saturated rings. The van der Waals surface area contributed by atoms with Gasteiger partial charge in [0.1, 0.15) is 26.5 Å². The van der Waals surface area contributed by atoms with E-state index in [9.17, 15) is 0 Å². The minimum absolute atomic E-state index is 1.04. The predicted octanol–water partition coefficient (Wildman–Crippen LogP) is -0.207. The van der Waals surface area contributed by atoms with Gasteiger partial charge in [0.2, 0.25) is 0 Å². The molecule has 0 aliphatic heterocycles. The van der Waals surface area contributed by atoms with Gasteiger partial charge in [0.25, 0.3) is 11.4 Å². The van der Waals surface area contributed by atoms with E-state index in [0.29, 0.717) is 0 Å². The van der Waals surface area contributed by atoms with Crippen LogP contribution in [0.1, 0.15) is 0 Å². The standard InChI is InChI=1S/C10H12N4/c1-13-5-3-11-7-9(13)10-8-12-4-6-14(10)2/h3-8H,1-2H3/q+2. The minimum atomic E-state index is 1.04. The Morgan fingerprint density at radius 1 is 0.857 bits per heavy atom. The van der Waals surface area contributed by atoms with E-state index in [1.54, 1.807) is 12.4 Å². The number of aromatic nitrogens is 4. The quantitative estimate of drug-likeness (QED) is 0.580. The molecule has 14 heavy (non-hydrogen) atoms. The molecule has 0 aliphatic rings. The number of nitrogens with zero attached hydrogens (tertiary/aromatic N) is 4. The van der Waals surface area contributed by atoms with Crippen LogP contribution in [0.3, 0.4) is 0 Å². The highest BCUT2D eigenvalue weighted by atomic mass is 15.0. The van der Waals surface area contributed by atoms with Crippen molar-refractivity contribution in [3.8, 4) is 11.4 Å². The molecule has 2 heterocycles. The average Bonchev–Trinajstić information content (AvgIpc) is 2.20. The lowest BCUT2D eigenvalue weighted by atomic mass is 10.3. The maximum absolute atomic E-state index is 4.10. The van der Waals surface area contributed by atoms with Crippen molar-refractivity contribution in [2.75, 3.05) is 0 Å². The molecule has 0 saturated carbocycles. The molecule has 0 atom stereocenters. The van der Waals surface area contributed by atoms with Gasteiger partial charge < -0.3 is 0 Å². The predicted molar refractivity (Wildman–Crippen MR) is 49.8 cm³/mol. The summed E-state index contributed by atoms with van der Waals surface area (Å²) in [6, 6.07) is 0. The van der Waals surface area contributed by atoms with Crippen LogP contribution in [0.25, 0.3) is 11.4 Å².